The van der Waals surface area contributed by atoms with E-state index in [0.29, 0.717) is 21.2 Å². The van der Waals surface area contributed by atoms with Crippen LogP contribution in [0.2, 0.25) is 10.0 Å². The van der Waals surface area contributed by atoms with Crippen LogP contribution >= 0.6 is 23.2 Å². The van der Waals surface area contributed by atoms with Crippen molar-refractivity contribution in [3.63, 3.8) is 0 Å². The smallest absolute Gasteiger partial charge is 0.127 e. The van der Waals surface area contributed by atoms with Crippen LogP contribution in [-0.4, -0.2) is 5.11 Å². The first kappa shape index (κ1) is 14.3. The van der Waals surface area contributed by atoms with E-state index in [1.165, 1.54) is 6.07 Å². The van der Waals surface area contributed by atoms with E-state index < -0.39 is 11.9 Å². The van der Waals surface area contributed by atoms with Gasteiger partial charge in [-0.05, 0) is 41.8 Å². The van der Waals surface area contributed by atoms with E-state index in [4.69, 9.17) is 23.2 Å². The van der Waals surface area contributed by atoms with Crippen molar-refractivity contribution in [2.24, 2.45) is 0 Å². The van der Waals surface area contributed by atoms with Gasteiger partial charge in [0.25, 0.3) is 0 Å². The Labute approximate surface area is 121 Å². The summed E-state index contributed by atoms with van der Waals surface area (Å²) in [5.74, 6) is -0.412. The van der Waals surface area contributed by atoms with Gasteiger partial charge in [0.15, 0.2) is 0 Å². The second-order valence-electron chi connectivity index (χ2n) is 4.46. The average molecular weight is 299 g/mol. The van der Waals surface area contributed by atoms with Crippen LogP contribution in [0.5, 0.6) is 0 Å². The molecule has 1 atom stereocenters. The van der Waals surface area contributed by atoms with Crippen molar-refractivity contribution in [2.45, 2.75) is 19.4 Å². The summed E-state index contributed by atoms with van der Waals surface area (Å²) in [6, 6.07) is 9.76. The van der Waals surface area contributed by atoms with E-state index in [1.807, 2.05) is 13.0 Å². The molecule has 0 aromatic heterocycles. The summed E-state index contributed by atoms with van der Waals surface area (Å²) in [6.07, 6.45) is -0.615. The molecule has 0 radical (unpaired) electrons. The van der Waals surface area contributed by atoms with Gasteiger partial charge in [-0.2, -0.15) is 0 Å². The van der Waals surface area contributed by atoms with Gasteiger partial charge in [-0.15, -0.1) is 0 Å². The van der Waals surface area contributed by atoms with Crippen LogP contribution in [-0.2, 0) is 6.42 Å². The van der Waals surface area contributed by atoms with Gasteiger partial charge in [-0.1, -0.05) is 41.4 Å². The zero-order valence-electron chi connectivity index (χ0n) is 10.3. The molecule has 0 bridgehead atoms. The minimum absolute atomic E-state index is 0.183. The molecule has 19 heavy (non-hydrogen) atoms. The second-order valence-corrected chi connectivity index (χ2v) is 5.31. The molecule has 1 nitrogen and oxygen atoms in total. The maximum absolute atomic E-state index is 13.6. The maximum atomic E-state index is 13.6. The van der Waals surface area contributed by atoms with Crippen molar-refractivity contribution in [2.75, 3.05) is 0 Å². The van der Waals surface area contributed by atoms with Crippen LogP contribution in [0.3, 0.4) is 0 Å². The number of hydrogen-bond donors (Lipinski definition) is 1. The third kappa shape index (κ3) is 3.47. The normalized spacial score (nSPS) is 12.5. The Hall–Kier alpha value is -1.09. The number of aliphatic hydroxyl groups excluding tert-OH is 1. The van der Waals surface area contributed by atoms with Gasteiger partial charge in [-0.3, -0.25) is 0 Å². The molecule has 100 valence electrons. The summed E-state index contributed by atoms with van der Waals surface area (Å²) < 4.78 is 13.6. The summed E-state index contributed by atoms with van der Waals surface area (Å²) in [6.45, 7) is 1.89. The Bertz CT molecular complexity index is 599. The summed E-state index contributed by atoms with van der Waals surface area (Å²) in [4.78, 5) is 0. The summed E-state index contributed by atoms with van der Waals surface area (Å²) in [5, 5.41) is 11.1. The number of aliphatic hydroxyl groups is 1. The quantitative estimate of drug-likeness (QED) is 0.869. The highest BCUT2D eigenvalue weighted by atomic mass is 35.5. The first-order chi connectivity index (χ1) is 8.97. The van der Waals surface area contributed by atoms with Gasteiger partial charge in [0, 0.05) is 16.5 Å². The van der Waals surface area contributed by atoms with E-state index in [9.17, 15) is 9.50 Å². The fourth-order valence-corrected chi connectivity index (χ4v) is 2.18. The Morgan fingerprint density at radius 2 is 1.89 bits per heavy atom. The lowest BCUT2D eigenvalue weighted by Gasteiger charge is -2.13. The van der Waals surface area contributed by atoms with Crippen molar-refractivity contribution in [1.82, 2.24) is 0 Å². The van der Waals surface area contributed by atoms with Gasteiger partial charge >= 0.3 is 0 Å². The highest BCUT2D eigenvalue weighted by Gasteiger charge is 2.13. The lowest BCUT2D eigenvalue weighted by Crippen LogP contribution is -2.03. The second kappa shape index (κ2) is 5.91. The molecule has 0 aliphatic heterocycles. The topological polar surface area (TPSA) is 20.2 Å². The first-order valence-electron chi connectivity index (χ1n) is 5.85. The fourth-order valence-electron chi connectivity index (χ4n) is 1.83. The Balaban J connectivity index is 2.20. The Morgan fingerprint density at radius 3 is 2.53 bits per heavy atom. The van der Waals surface area contributed by atoms with Crippen LogP contribution < -0.4 is 0 Å². The molecule has 2 aromatic carbocycles. The van der Waals surface area contributed by atoms with Gasteiger partial charge in [0.2, 0.25) is 0 Å². The number of halogens is 3. The molecule has 0 spiro atoms. The number of aryl methyl sites for hydroxylation is 1. The highest BCUT2D eigenvalue weighted by molar-refractivity contribution is 6.31. The summed E-state index contributed by atoms with van der Waals surface area (Å²) in [7, 11) is 0. The monoisotopic (exact) mass is 298 g/mol. The molecule has 2 rings (SSSR count). The number of hydrogen-bond acceptors (Lipinski definition) is 1. The Kier molecular flexibility index (Phi) is 4.46. The summed E-state index contributed by atoms with van der Waals surface area (Å²) >= 11 is 11.7. The highest BCUT2D eigenvalue weighted by Crippen LogP contribution is 2.25. The van der Waals surface area contributed by atoms with Crippen molar-refractivity contribution < 1.29 is 9.50 Å². The molecule has 0 amide bonds. The van der Waals surface area contributed by atoms with E-state index in [0.717, 1.165) is 5.56 Å². The van der Waals surface area contributed by atoms with Crippen molar-refractivity contribution in [3.8, 4) is 0 Å². The van der Waals surface area contributed by atoms with Crippen molar-refractivity contribution in [3.05, 3.63) is 69.0 Å². The predicted octanol–water partition coefficient (Wildman–Crippen LogP) is 4.72. The molecule has 1 N–H and O–H groups in total. The molecule has 0 saturated heterocycles. The predicted molar refractivity (Wildman–Crippen MR) is 76.3 cm³/mol. The van der Waals surface area contributed by atoms with Crippen LogP contribution in [0.15, 0.2) is 36.4 Å². The summed E-state index contributed by atoms with van der Waals surface area (Å²) in [5.41, 5.74) is 2.04. The van der Waals surface area contributed by atoms with E-state index in [1.54, 1.807) is 24.3 Å². The molecule has 2 aromatic rings. The third-order valence-corrected chi connectivity index (χ3v) is 3.65. The molecule has 4 heteroatoms. The van der Waals surface area contributed by atoms with Crippen LogP contribution in [0.25, 0.3) is 0 Å². The standard InChI is InChI=1S/C15H13Cl2FO/c1-9-2-3-11(6-13(9)17)15(19)7-10-4-5-12(16)8-14(10)18/h2-6,8,15,19H,7H2,1H3. The SMILES string of the molecule is Cc1ccc(C(O)Cc2ccc(Cl)cc2F)cc1Cl. The minimum atomic E-state index is -0.797. The zero-order chi connectivity index (χ0) is 14.0. The lowest BCUT2D eigenvalue weighted by molar-refractivity contribution is 0.177. The molecular formula is C15H13Cl2FO. The minimum Gasteiger partial charge on any atom is -0.388 e. The first-order valence-corrected chi connectivity index (χ1v) is 6.61. The van der Waals surface area contributed by atoms with Crippen LogP contribution in [0.4, 0.5) is 4.39 Å². The van der Waals surface area contributed by atoms with Crippen LogP contribution in [0, 0.1) is 12.7 Å². The van der Waals surface area contributed by atoms with E-state index in [2.05, 4.69) is 0 Å². The van der Waals surface area contributed by atoms with Gasteiger partial charge in [0.05, 0.1) is 6.10 Å². The molecular weight excluding hydrogens is 286 g/mol. The van der Waals surface area contributed by atoms with E-state index in [-0.39, 0.29) is 6.42 Å². The van der Waals surface area contributed by atoms with Gasteiger partial charge in [-0.25, -0.2) is 4.39 Å². The Morgan fingerprint density at radius 1 is 1.16 bits per heavy atom. The van der Waals surface area contributed by atoms with Crippen molar-refractivity contribution >= 4 is 23.2 Å². The van der Waals surface area contributed by atoms with Crippen molar-refractivity contribution in [1.29, 1.82) is 0 Å². The molecule has 0 aliphatic carbocycles. The fraction of sp³-hybridized carbons (Fsp3) is 0.200. The lowest BCUT2D eigenvalue weighted by atomic mass is 10.0. The largest absolute Gasteiger partial charge is 0.388 e. The van der Waals surface area contributed by atoms with Crippen LogP contribution in [0.1, 0.15) is 22.8 Å². The molecule has 1 unspecified atom stereocenters. The average Bonchev–Trinajstić information content (AvgIpc) is 2.36. The van der Waals surface area contributed by atoms with Gasteiger partial charge < -0.3 is 5.11 Å². The molecule has 0 fully saturated rings. The number of benzene rings is 2. The van der Waals surface area contributed by atoms with E-state index >= 15 is 0 Å². The maximum Gasteiger partial charge on any atom is 0.127 e. The number of rotatable bonds is 3. The third-order valence-electron chi connectivity index (χ3n) is 3.01. The van der Waals surface area contributed by atoms with Gasteiger partial charge in [0.1, 0.15) is 5.82 Å². The molecule has 0 heterocycles. The molecule has 0 aliphatic rings. The molecule has 0 saturated carbocycles. The zero-order valence-corrected chi connectivity index (χ0v) is 11.8.